The van der Waals surface area contributed by atoms with Gasteiger partial charge in [0, 0.05) is 12.6 Å². The maximum absolute atomic E-state index is 11.7. The average molecular weight is 333 g/mol. The highest BCUT2D eigenvalue weighted by Gasteiger charge is 2.16. The predicted molar refractivity (Wildman–Crippen MR) is 90.2 cm³/mol. The van der Waals surface area contributed by atoms with Gasteiger partial charge in [0.25, 0.3) is 5.91 Å². The van der Waals surface area contributed by atoms with Crippen molar-refractivity contribution in [3.63, 3.8) is 0 Å². The number of carbonyl (C=O) groups excluding carboxylic acids is 3. The van der Waals surface area contributed by atoms with E-state index in [4.69, 9.17) is 4.74 Å². The first-order chi connectivity index (χ1) is 11.3. The van der Waals surface area contributed by atoms with Crippen LogP contribution in [0.2, 0.25) is 0 Å². The van der Waals surface area contributed by atoms with Gasteiger partial charge < -0.3 is 14.8 Å². The molecule has 24 heavy (non-hydrogen) atoms. The lowest BCUT2D eigenvalue weighted by molar-refractivity contribution is -0.150. The maximum atomic E-state index is 11.7. The van der Waals surface area contributed by atoms with Gasteiger partial charge >= 0.3 is 11.9 Å². The van der Waals surface area contributed by atoms with Crippen molar-refractivity contribution in [1.82, 2.24) is 5.32 Å². The topological polar surface area (TPSA) is 81.7 Å². The Hall–Kier alpha value is -2.63. The van der Waals surface area contributed by atoms with Gasteiger partial charge in [-0.1, -0.05) is 26.0 Å². The molecule has 0 aliphatic heterocycles. The number of carbonyl (C=O) groups is 3. The number of esters is 2. The van der Waals surface area contributed by atoms with E-state index in [1.807, 2.05) is 13.8 Å². The van der Waals surface area contributed by atoms with Crippen LogP contribution >= 0.6 is 0 Å². The van der Waals surface area contributed by atoms with Crippen LogP contribution in [0.25, 0.3) is 6.08 Å². The van der Waals surface area contributed by atoms with E-state index in [-0.39, 0.29) is 5.91 Å². The summed E-state index contributed by atoms with van der Waals surface area (Å²) in [6, 6.07) is 6.54. The van der Waals surface area contributed by atoms with Crippen LogP contribution in [0.15, 0.2) is 30.3 Å². The van der Waals surface area contributed by atoms with Crippen LogP contribution in [0, 0.1) is 5.92 Å². The van der Waals surface area contributed by atoms with E-state index in [9.17, 15) is 14.4 Å². The predicted octanol–water partition coefficient (Wildman–Crippen LogP) is 2.19. The molecular weight excluding hydrogens is 310 g/mol. The molecule has 1 amide bonds. The first kappa shape index (κ1) is 19.4. The zero-order chi connectivity index (χ0) is 18.1. The number of hydrogen-bond acceptors (Lipinski definition) is 5. The summed E-state index contributed by atoms with van der Waals surface area (Å²) in [5.41, 5.74) is 1.14. The van der Waals surface area contributed by atoms with Crippen molar-refractivity contribution in [2.24, 2.45) is 5.92 Å². The summed E-state index contributed by atoms with van der Waals surface area (Å²) in [5.74, 6) is -1.04. The van der Waals surface area contributed by atoms with Crippen LogP contribution in [0.3, 0.4) is 0 Å². The number of methoxy groups -OCH3 is 1. The molecule has 0 aromatic heterocycles. The van der Waals surface area contributed by atoms with Gasteiger partial charge in [-0.3, -0.25) is 4.79 Å². The molecule has 0 spiro atoms. The van der Waals surface area contributed by atoms with Gasteiger partial charge in [0.1, 0.15) is 0 Å². The molecule has 0 fully saturated rings. The summed E-state index contributed by atoms with van der Waals surface area (Å²) in [5, 5.41) is 2.70. The van der Waals surface area contributed by atoms with Gasteiger partial charge in [-0.2, -0.15) is 0 Å². The SMILES string of the molecule is COC(=O)c1ccc(/C=C/C(=O)O[C@H](C)C(=O)NCC(C)C)cc1. The molecule has 0 aliphatic carbocycles. The quantitative estimate of drug-likeness (QED) is 0.611. The van der Waals surface area contributed by atoms with E-state index in [0.29, 0.717) is 18.0 Å². The molecular formula is C18H23NO5. The highest BCUT2D eigenvalue weighted by atomic mass is 16.5. The molecule has 1 aromatic carbocycles. The lowest BCUT2D eigenvalue weighted by Crippen LogP contribution is -2.37. The molecule has 6 nitrogen and oxygen atoms in total. The fourth-order valence-electron chi connectivity index (χ4n) is 1.73. The van der Waals surface area contributed by atoms with Crippen molar-refractivity contribution in [2.45, 2.75) is 26.9 Å². The minimum Gasteiger partial charge on any atom is -0.465 e. The highest BCUT2D eigenvalue weighted by molar-refractivity contribution is 5.91. The molecule has 1 atom stereocenters. The molecule has 6 heteroatoms. The van der Waals surface area contributed by atoms with Gasteiger partial charge in [0.2, 0.25) is 0 Å². The summed E-state index contributed by atoms with van der Waals surface area (Å²) in [6.07, 6.45) is 1.92. The largest absolute Gasteiger partial charge is 0.465 e. The van der Waals surface area contributed by atoms with E-state index in [0.717, 1.165) is 5.56 Å². The van der Waals surface area contributed by atoms with E-state index in [2.05, 4.69) is 10.1 Å². The van der Waals surface area contributed by atoms with Crippen molar-refractivity contribution in [2.75, 3.05) is 13.7 Å². The molecule has 0 saturated heterocycles. The molecule has 1 rings (SSSR count). The highest BCUT2D eigenvalue weighted by Crippen LogP contribution is 2.08. The number of hydrogen-bond donors (Lipinski definition) is 1. The van der Waals surface area contributed by atoms with Crippen molar-refractivity contribution in [3.05, 3.63) is 41.5 Å². The van der Waals surface area contributed by atoms with Crippen molar-refractivity contribution < 1.29 is 23.9 Å². The fraction of sp³-hybridized carbons (Fsp3) is 0.389. The summed E-state index contributed by atoms with van der Waals surface area (Å²) >= 11 is 0. The second-order valence-corrected chi connectivity index (χ2v) is 5.67. The molecule has 0 radical (unpaired) electrons. The lowest BCUT2D eigenvalue weighted by Gasteiger charge is -2.13. The minimum atomic E-state index is -0.859. The van der Waals surface area contributed by atoms with Crippen molar-refractivity contribution in [3.8, 4) is 0 Å². The molecule has 0 heterocycles. The van der Waals surface area contributed by atoms with Gasteiger partial charge in [0.05, 0.1) is 12.7 Å². The molecule has 0 saturated carbocycles. The Morgan fingerprint density at radius 3 is 2.29 bits per heavy atom. The summed E-state index contributed by atoms with van der Waals surface area (Å²) in [6.45, 7) is 6.01. The van der Waals surface area contributed by atoms with Crippen molar-refractivity contribution >= 4 is 23.9 Å². The van der Waals surface area contributed by atoms with Gasteiger partial charge in [-0.25, -0.2) is 9.59 Å². The summed E-state index contributed by atoms with van der Waals surface area (Å²) in [7, 11) is 1.31. The van der Waals surface area contributed by atoms with Gasteiger partial charge in [-0.05, 0) is 36.6 Å². The minimum absolute atomic E-state index is 0.324. The first-order valence-corrected chi connectivity index (χ1v) is 7.68. The number of benzene rings is 1. The first-order valence-electron chi connectivity index (χ1n) is 7.68. The van der Waals surface area contributed by atoms with Gasteiger partial charge in [-0.15, -0.1) is 0 Å². The third kappa shape index (κ3) is 6.64. The Morgan fingerprint density at radius 2 is 1.75 bits per heavy atom. The van der Waals surface area contributed by atoms with Crippen LogP contribution in [0.5, 0.6) is 0 Å². The summed E-state index contributed by atoms with van der Waals surface area (Å²) in [4.78, 5) is 34.8. The molecule has 1 N–H and O–H groups in total. The van der Waals surface area contributed by atoms with E-state index >= 15 is 0 Å². The number of ether oxygens (including phenoxy) is 2. The van der Waals surface area contributed by atoms with Crippen LogP contribution in [-0.4, -0.2) is 37.6 Å². The van der Waals surface area contributed by atoms with Crippen molar-refractivity contribution in [1.29, 1.82) is 0 Å². The van der Waals surface area contributed by atoms with E-state index in [1.54, 1.807) is 30.3 Å². The monoisotopic (exact) mass is 333 g/mol. The Labute approximate surface area is 141 Å². The van der Waals surface area contributed by atoms with Crippen LogP contribution in [0.4, 0.5) is 0 Å². The number of nitrogens with one attached hydrogen (secondary N) is 1. The van der Waals surface area contributed by atoms with Crippen LogP contribution in [0.1, 0.15) is 36.7 Å². The normalized spacial score (nSPS) is 12.0. The number of rotatable bonds is 7. The Bertz CT molecular complexity index is 604. The fourth-order valence-corrected chi connectivity index (χ4v) is 1.73. The average Bonchev–Trinajstić information content (AvgIpc) is 2.57. The van der Waals surface area contributed by atoms with Crippen LogP contribution in [-0.2, 0) is 19.1 Å². The van der Waals surface area contributed by atoms with Gasteiger partial charge in [0.15, 0.2) is 6.10 Å². The molecule has 0 aliphatic rings. The Morgan fingerprint density at radius 1 is 1.12 bits per heavy atom. The Kier molecular flexibility index (Phi) is 7.68. The van der Waals surface area contributed by atoms with E-state index in [1.165, 1.54) is 20.1 Å². The third-order valence-corrected chi connectivity index (χ3v) is 3.09. The smallest absolute Gasteiger partial charge is 0.337 e. The zero-order valence-electron chi connectivity index (χ0n) is 14.4. The molecule has 130 valence electrons. The van der Waals surface area contributed by atoms with E-state index < -0.39 is 18.0 Å². The molecule has 1 aromatic rings. The van der Waals surface area contributed by atoms with Crippen LogP contribution < -0.4 is 5.32 Å². The zero-order valence-corrected chi connectivity index (χ0v) is 14.4. The number of amides is 1. The standard InChI is InChI=1S/C18H23NO5/c1-12(2)11-19-17(21)13(3)24-16(20)10-7-14-5-8-15(9-6-14)18(22)23-4/h5-10,12-13H,11H2,1-4H3,(H,19,21)/b10-7+/t13-/m1/s1. The second-order valence-electron chi connectivity index (χ2n) is 5.67. The summed E-state index contributed by atoms with van der Waals surface area (Å²) < 4.78 is 9.64. The maximum Gasteiger partial charge on any atom is 0.337 e. The second kappa shape index (κ2) is 9.50. The third-order valence-electron chi connectivity index (χ3n) is 3.09. The Balaban J connectivity index is 2.53. The molecule has 0 unspecified atom stereocenters. The molecule has 0 bridgehead atoms. The lowest BCUT2D eigenvalue weighted by atomic mass is 10.1.